The lowest BCUT2D eigenvalue weighted by atomic mass is 9.93. The Morgan fingerprint density at radius 2 is 2.08 bits per heavy atom. The molecule has 1 aliphatic heterocycles. The quantitative estimate of drug-likeness (QED) is 0.687. The molecule has 1 aromatic rings. The molecule has 2 nitrogen and oxygen atoms in total. The number of hydrogen-bond acceptors (Lipinski definition) is 2. The Morgan fingerprint density at radius 3 is 2.77 bits per heavy atom. The number of nitrogens with one attached hydrogen (secondary N) is 1. The molecule has 2 unspecified atom stereocenters. The summed E-state index contributed by atoms with van der Waals surface area (Å²) in [6, 6.07) is 10.2. The van der Waals surface area contributed by atoms with Crippen molar-refractivity contribution in [2.75, 3.05) is 6.54 Å². The van der Waals surface area contributed by atoms with Crippen molar-refractivity contribution in [2.24, 2.45) is 0 Å². The molecule has 13 heavy (non-hydrogen) atoms. The Kier molecular flexibility index (Phi) is 2.41. The van der Waals surface area contributed by atoms with E-state index in [2.05, 4.69) is 17.4 Å². The van der Waals surface area contributed by atoms with Gasteiger partial charge < -0.3 is 10.1 Å². The lowest BCUT2D eigenvalue weighted by Crippen LogP contribution is -2.27. The van der Waals surface area contributed by atoms with Crippen molar-refractivity contribution in [2.45, 2.75) is 18.4 Å². The van der Waals surface area contributed by atoms with Gasteiger partial charge in [-0.15, -0.1) is 0 Å². The van der Waals surface area contributed by atoms with Gasteiger partial charge in [-0.3, -0.25) is 0 Å². The summed E-state index contributed by atoms with van der Waals surface area (Å²) in [6.45, 7) is 0.947. The summed E-state index contributed by atoms with van der Waals surface area (Å²) < 4.78 is 0. The summed E-state index contributed by atoms with van der Waals surface area (Å²) in [4.78, 5) is 10.7. The minimum absolute atomic E-state index is 0.0161. The molecule has 1 fully saturated rings. The first-order chi connectivity index (χ1) is 6.42. The molecule has 0 aromatic heterocycles. The van der Waals surface area contributed by atoms with Gasteiger partial charge in [0.25, 0.3) is 0 Å². The molecule has 0 spiro atoms. The van der Waals surface area contributed by atoms with E-state index >= 15 is 0 Å². The molecule has 0 radical (unpaired) electrons. The monoisotopic (exact) mass is 175 g/mol. The van der Waals surface area contributed by atoms with Crippen LogP contribution in [0.3, 0.4) is 0 Å². The first-order valence-corrected chi connectivity index (χ1v) is 4.65. The van der Waals surface area contributed by atoms with Crippen LogP contribution in [0.4, 0.5) is 0 Å². The van der Waals surface area contributed by atoms with Gasteiger partial charge in [0.15, 0.2) is 0 Å². The predicted octanol–water partition coefficient (Wildman–Crippen LogP) is 1.33. The van der Waals surface area contributed by atoms with E-state index in [1.807, 2.05) is 18.2 Å². The molecule has 0 bridgehead atoms. The highest BCUT2D eigenvalue weighted by molar-refractivity contribution is 5.61. The van der Waals surface area contributed by atoms with Crippen LogP contribution < -0.4 is 5.32 Å². The summed E-state index contributed by atoms with van der Waals surface area (Å²) in [5, 5.41) is 3.19. The van der Waals surface area contributed by atoms with E-state index in [1.54, 1.807) is 0 Å². The number of carbonyl (C=O) groups is 1. The minimum Gasteiger partial charge on any atom is -0.307 e. The van der Waals surface area contributed by atoms with E-state index in [0.717, 1.165) is 19.3 Å². The van der Waals surface area contributed by atoms with Crippen LogP contribution in [0.2, 0.25) is 0 Å². The van der Waals surface area contributed by atoms with Crippen LogP contribution in [-0.4, -0.2) is 18.9 Å². The summed E-state index contributed by atoms with van der Waals surface area (Å²) in [5.41, 5.74) is 1.27. The summed E-state index contributed by atoms with van der Waals surface area (Å²) in [7, 11) is 0. The van der Waals surface area contributed by atoms with Crippen LogP contribution in [0, 0.1) is 0 Å². The van der Waals surface area contributed by atoms with Gasteiger partial charge >= 0.3 is 0 Å². The molecule has 1 N–H and O–H groups in total. The SMILES string of the molecule is O=CC1NCCC1c1ccccc1. The van der Waals surface area contributed by atoms with Crippen LogP contribution in [-0.2, 0) is 4.79 Å². The molecular weight excluding hydrogens is 162 g/mol. The molecule has 0 amide bonds. The van der Waals surface area contributed by atoms with Gasteiger partial charge in [0.05, 0.1) is 6.04 Å². The highest BCUT2D eigenvalue weighted by Crippen LogP contribution is 2.26. The Morgan fingerprint density at radius 1 is 1.31 bits per heavy atom. The third kappa shape index (κ3) is 1.63. The molecule has 2 heteroatoms. The highest BCUT2D eigenvalue weighted by atomic mass is 16.1. The molecule has 2 rings (SSSR count). The Hall–Kier alpha value is -1.15. The van der Waals surface area contributed by atoms with Gasteiger partial charge in [0, 0.05) is 5.92 Å². The van der Waals surface area contributed by atoms with Crippen LogP contribution in [0.5, 0.6) is 0 Å². The van der Waals surface area contributed by atoms with Gasteiger partial charge in [0.2, 0.25) is 0 Å². The van der Waals surface area contributed by atoms with Crippen molar-refractivity contribution < 1.29 is 4.79 Å². The fourth-order valence-corrected chi connectivity index (χ4v) is 1.94. The Bertz CT molecular complexity index is 283. The van der Waals surface area contributed by atoms with Gasteiger partial charge in [-0.2, -0.15) is 0 Å². The second-order valence-electron chi connectivity index (χ2n) is 3.42. The molecule has 1 saturated heterocycles. The topological polar surface area (TPSA) is 29.1 Å². The maximum atomic E-state index is 10.7. The number of benzene rings is 1. The zero-order valence-electron chi connectivity index (χ0n) is 7.44. The lowest BCUT2D eigenvalue weighted by molar-refractivity contribution is -0.109. The van der Waals surface area contributed by atoms with Crippen LogP contribution in [0.1, 0.15) is 17.9 Å². The second kappa shape index (κ2) is 3.71. The number of rotatable bonds is 2. The molecule has 1 aliphatic rings. The van der Waals surface area contributed by atoms with E-state index in [-0.39, 0.29) is 6.04 Å². The normalized spacial score (nSPS) is 27.4. The Balaban J connectivity index is 2.21. The van der Waals surface area contributed by atoms with Gasteiger partial charge in [-0.1, -0.05) is 30.3 Å². The highest BCUT2D eigenvalue weighted by Gasteiger charge is 2.27. The Labute approximate surface area is 78.0 Å². The fraction of sp³-hybridized carbons (Fsp3) is 0.364. The van der Waals surface area contributed by atoms with Crippen LogP contribution >= 0.6 is 0 Å². The second-order valence-corrected chi connectivity index (χ2v) is 3.42. The zero-order valence-corrected chi connectivity index (χ0v) is 7.44. The van der Waals surface area contributed by atoms with Gasteiger partial charge in [-0.05, 0) is 18.5 Å². The largest absolute Gasteiger partial charge is 0.307 e. The van der Waals surface area contributed by atoms with Crippen molar-refractivity contribution in [1.29, 1.82) is 0 Å². The molecule has 0 aliphatic carbocycles. The van der Waals surface area contributed by atoms with E-state index in [9.17, 15) is 4.79 Å². The minimum atomic E-state index is 0.0161. The van der Waals surface area contributed by atoms with Crippen LogP contribution in [0.15, 0.2) is 30.3 Å². The molecule has 0 saturated carbocycles. The van der Waals surface area contributed by atoms with Crippen LogP contribution in [0.25, 0.3) is 0 Å². The molecule has 1 aromatic carbocycles. The van der Waals surface area contributed by atoms with E-state index in [4.69, 9.17) is 0 Å². The maximum absolute atomic E-state index is 10.7. The van der Waals surface area contributed by atoms with E-state index < -0.39 is 0 Å². The third-order valence-electron chi connectivity index (χ3n) is 2.64. The first-order valence-electron chi connectivity index (χ1n) is 4.65. The predicted molar refractivity (Wildman–Crippen MR) is 51.7 cm³/mol. The first kappa shape index (κ1) is 8.45. The average Bonchev–Trinajstić information content (AvgIpc) is 2.67. The van der Waals surface area contributed by atoms with Crippen molar-refractivity contribution in [1.82, 2.24) is 5.32 Å². The standard InChI is InChI=1S/C11H13NO/c13-8-11-10(6-7-12-11)9-4-2-1-3-5-9/h1-5,8,10-12H,6-7H2. The maximum Gasteiger partial charge on any atom is 0.137 e. The van der Waals surface area contributed by atoms with E-state index in [0.29, 0.717) is 5.92 Å². The number of carbonyl (C=O) groups excluding carboxylic acids is 1. The van der Waals surface area contributed by atoms with E-state index in [1.165, 1.54) is 5.56 Å². The van der Waals surface area contributed by atoms with Gasteiger partial charge in [-0.25, -0.2) is 0 Å². The van der Waals surface area contributed by atoms with Crippen molar-refractivity contribution in [3.05, 3.63) is 35.9 Å². The number of hydrogen-bond donors (Lipinski definition) is 1. The van der Waals surface area contributed by atoms with Gasteiger partial charge in [0.1, 0.15) is 6.29 Å². The lowest BCUT2D eigenvalue weighted by Gasteiger charge is -2.13. The smallest absolute Gasteiger partial charge is 0.137 e. The summed E-state index contributed by atoms with van der Waals surface area (Å²) in [6.07, 6.45) is 2.08. The molecular formula is C11H13NO. The molecule has 2 atom stereocenters. The van der Waals surface area contributed by atoms with Crippen molar-refractivity contribution in [3.63, 3.8) is 0 Å². The number of aldehydes is 1. The average molecular weight is 175 g/mol. The summed E-state index contributed by atoms with van der Waals surface area (Å²) >= 11 is 0. The molecule has 1 heterocycles. The van der Waals surface area contributed by atoms with Crippen molar-refractivity contribution in [3.8, 4) is 0 Å². The molecule has 68 valence electrons. The summed E-state index contributed by atoms with van der Waals surface area (Å²) in [5.74, 6) is 0.374. The third-order valence-corrected chi connectivity index (χ3v) is 2.64. The van der Waals surface area contributed by atoms with Crippen molar-refractivity contribution >= 4 is 6.29 Å². The fourth-order valence-electron chi connectivity index (χ4n) is 1.94. The zero-order chi connectivity index (χ0) is 9.10.